The van der Waals surface area contributed by atoms with Crippen LogP contribution in [0.1, 0.15) is 31.2 Å². The molecule has 2 saturated heterocycles. The van der Waals surface area contributed by atoms with Gasteiger partial charge in [-0.15, -0.1) is 0 Å². The van der Waals surface area contributed by atoms with E-state index < -0.39 is 6.04 Å². The number of aromatic nitrogens is 2. The number of nitrogens with zero attached hydrogens (tertiary/aromatic N) is 4. The maximum atomic E-state index is 13.1. The Hall–Kier alpha value is -4.57. The Bertz CT molecular complexity index is 1610. The molecule has 2 aromatic carbocycles. The van der Waals surface area contributed by atoms with Gasteiger partial charge < -0.3 is 20.3 Å². The SMILES string of the molecule is [B]N1CCC[C@H]1C(=O)Nc1ccc2cc(-c3ccc(NC(=O)[C@@H]4CCCN4C(=O)Cc4ccccc4)nc3)ccc2n1. The first kappa shape index (κ1) is 27.6. The molecule has 2 aliphatic heterocycles. The zero-order valence-electron chi connectivity index (χ0n) is 23.2. The molecular formula is C32H31BN6O3. The van der Waals surface area contributed by atoms with Crippen molar-refractivity contribution in [3.63, 3.8) is 0 Å². The lowest BCUT2D eigenvalue weighted by atomic mass is 10.0. The molecule has 2 fully saturated rings. The number of nitrogens with one attached hydrogen (secondary N) is 2. The van der Waals surface area contributed by atoms with Gasteiger partial charge in [0.05, 0.1) is 18.0 Å². The molecule has 3 amide bonds. The third-order valence-corrected chi connectivity index (χ3v) is 7.96. The van der Waals surface area contributed by atoms with Crippen molar-refractivity contribution < 1.29 is 14.4 Å². The Kier molecular flexibility index (Phi) is 7.96. The molecule has 2 N–H and O–H groups in total. The highest BCUT2D eigenvalue weighted by Crippen LogP contribution is 2.26. The zero-order valence-corrected chi connectivity index (χ0v) is 23.2. The third kappa shape index (κ3) is 6.04. The second-order valence-electron chi connectivity index (χ2n) is 10.8. The Labute approximate surface area is 245 Å². The largest absolute Gasteiger partial charge is 0.343 e. The third-order valence-electron chi connectivity index (χ3n) is 7.96. The van der Waals surface area contributed by atoms with Crippen LogP contribution in [0.2, 0.25) is 0 Å². The fraction of sp³-hybridized carbons (Fsp3) is 0.281. The molecule has 6 rings (SSSR count). The summed E-state index contributed by atoms with van der Waals surface area (Å²) < 4.78 is 0. The molecule has 0 spiro atoms. The molecule has 2 aliphatic rings. The van der Waals surface area contributed by atoms with Crippen molar-refractivity contribution in [3.8, 4) is 11.1 Å². The van der Waals surface area contributed by atoms with Crippen LogP contribution in [-0.2, 0) is 20.8 Å². The first-order chi connectivity index (χ1) is 20.4. The lowest BCUT2D eigenvalue weighted by molar-refractivity contribution is -0.136. The molecule has 0 bridgehead atoms. The predicted octanol–water partition coefficient (Wildman–Crippen LogP) is 3.96. The quantitative estimate of drug-likeness (QED) is 0.333. The van der Waals surface area contributed by atoms with E-state index in [2.05, 4.69) is 20.6 Å². The highest BCUT2D eigenvalue weighted by atomic mass is 16.2. The molecule has 210 valence electrons. The number of benzene rings is 2. The zero-order chi connectivity index (χ0) is 29.1. The Morgan fingerprint density at radius 3 is 2.29 bits per heavy atom. The van der Waals surface area contributed by atoms with E-state index in [0.29, 0.717) is 31.1 Å². The van der Waals surface area contributed by atoms with Gasteiger partial charge in [0.25, 0.3) is 0 Å². The smallest absolute Gasteiger partial charge is 0.248 e. The van der Waals surface area contributed by atoms with Crippen LogP contribution in [0.3, 0.4) is 0 Å². The molecule has 0 unspecified atom stereocenters. The minimum Gasteiger partial charge on any atom is -0.343 e. The molecule has 9 nitrogen and oxygen atoms in total. The molecule has 4 heterocycles. The summed E-state index contributed by atoms with van der Waals surface area (Å²) in [6.45, 7) is 1.29. The molecule has 4 aromatic rings. The number of hydrogen-bond acceptors (Lipinski definition) is 6. The molecule has 42 heavy (non-hydrogen) atoms. The number of pyridine rings is 2. The van der Waals surface area contributed by atoms with Crippen molar-refractivity contribution in [3.05, 3.63) is 84.6 Å². The van der Waals surface area contributed by atoms with Gasteiger partial charge in [-0.2, -0.15) is 0 Å². The molecule has 0 saturated carbocycles. The molecule has 2 radical (unpaired) electrons. The van der Waals surface area contributed by atoms with Crippen LogP contribution < -0.4 is 10.6 Å². The predicted molar refractivity (Wildman–Crippen MR) is 163 cm³/mol. The van der Waals surface area contributed by atoms with E-state index in [0.717, 1.165) is 46.9 Å². The average Bonchev–Trinajstić information content (AvgIpc) is 3.67. The van der Waals surface area contributed by atoms with Gasteiger partial charge in [0, 0.05) is 23.7 Å². The molecule has 10 heteroatoms. The Balaban J connectivity index is 1.09. The van der Waals surface area contributed by atoms with Crippen LogP contribution in [0.5, 0.6) is 0 Å². The van der Waals surface area contributed by atoms with Crippen molar-refractivity contribution in [1.82, 2.24) is 19.7 Å². The van der Waals surface area contributed by atoms with Gasteiger partial charge in [-0.1, -0.05) is 36.4 Å². The number of amides is 3. The van der Waals surface area contributed by atoms with Crippen LogP contribution in [-0.4, -0.2) is 70.6 Å². The normalized spacial score (nSPS) is 18.7. The van der Waals surface area contributed by atoms with Crippen molar-refractivity contribution in [2.24, 2.45) is 0 Å². The summed E-state index contributed by atoms with van der Waals surface area (Å²) >= 11 is 0. The number of likely N-dealkylation sites (tertiary alicyclic amines) is 1. The summed E-state index contributed by atoms with van der Waals surface area (Å²) in [5.41, 5.74) is 3.53. The average molecular weight is 558 g/mol. The highest BCUT2D eigenvalue weighted by molar-refractivity contribution is 6.08. The second-order valence-corrected chi connectivity index (χ2v) is 10.8. The van der Waals surface area contributed by atoms with Crippen LogP contribution in [0.25, 0.3) is 22.0 Å². The fourth-order valence-corrected chi connectivity index (χ4v) is 5.71. The van der Waals surface area contributed by atoms with Gasteiger partial charge >= 0.3 is 0 Å². The monoisotopic (exact) mass is 558 g/mol. The summed E-state index contributed by atoms with van der Waals surface area (Å²) in [7, 11) is 5.91. The van der Waals surface area contributed by atoms with Crippen molar-refractivity contribution in [2.75, 3.05) is 23.7 Å². The maximum Gasteiger partial charge on any atom is 0.248 e. The summed E-state index contributed by atoms with van der Waals surface area (Å²) in [4.78, 5) is 50.9. The van der Waals surface area contributed by atoms with E-state index in [-0.39, 0.29) is 30.2 Å². The van der Waals surface area contributed by atoms with Crippen LogP contribution in [0.4, 0.5) is 11.6 Å². The number of carbonyl (C=O) groups is 3. The first-order valence-electron chi connectivity index (χ1n) is 14.3. The second kappa shape index (κ2) is 12.1. The fourth-order valence-electron chi connectivity index (χ4n) is 5.71. The van der Waals surface area contributed by atoms with Crippen molar-refractivity contribution >= 4 is 48.2 Å². The van der Waals surface area contributed by atoms with Crippen molar-refractivity contribution in [2.45, 2.75) is 44.2 Å². The van der Waals surface area contributed by atoms with Crippen LogP contribution in [0, 0.1) is 0 Å². The first-order valence-corrected chi connectivity index (χ1v) is 14.3. The highest BCUT2D eigenvalue weighted by Gasteiger charge is 2.34. The van der Waals surface area contributed by atoms with Gasteiger partial charge in [0.15, 0.2) is 7.98 Å². The lowest BCUT2D eigenvalue weighted by Crippen LogP contribution is -2.43. The van der Waals surface area contributed by atoms with E-state index in [1.165, 1.54) is 0 Å². The molecule has 2 atom stereocenters. The van der Waals surface area contributed by atoms with E-state index in [9.17, 15) is 14.4 Å². The van der Waals surface area contributed by atoms with Gasteiger partial charge in [0.2, 0.25) is 17.7 Å². The van der Waals surface area contributed by atoms with Gasteiger partial charge in [-0.05, 0) is 79.8 Å². The molecular weight excluding hydrogens is 527 g/mol. The summed E-state index contributed by atoms with van der Waals surface area (Å²) in [5, 5.41) is 6.68. The van der Waals surface area contributed by atoms with Crippen LogP contribution in [0.15, 0.2) is 79.0 Å². The van der Waals surface area contributed by atoms with Crippen LogP contribution >= 0.6 is 0 Å². The standard InChI is InChI=1S/C32H31BN6O3/c33-39-17-5-9-27(39)32(42)37-29-15-11-23-19-22(10-13-25(23)35-29)24-12-14-28(34-20-24)36-31(41)26-8-4-16-38(26)30(40)18-21-6-2-1-3-7-21/h1-3,6-7,10-15,19-20,26-27H,4-5,8-9,16-18H2,(H,34,36,41)(H,35,37,42)/t26-,27-/m0/s1. The number of hydrogen-bond donors (Lipinski definition) is 2. The molecule has 2 aromatic heterocycles. The number of anilines is 2. The Morgan fingerprint density at radius 1 is 0.810 bits per heavy atom. The van der Waals surface area contributed by atoms with Gasteiger partial charge in [0.1, 0.15) is 17.7 Å². The maximum absolute atomic E-state index is 13.1. The summed E-state index contributed by atoms with van der Waals surface area (Å²) in [5.74, 6) is 0.521. The van der Waals surface area contributed by atoms with E-state index in [1.807, 2.05) is 60.7 Å². The summed E-state index contributed by atoms with van der Waals surface area (Å²) in [6, 6.07) is 22.0. The summed E-state index contributed by atoms with van der Waals surface area (Å²) in [6.07, 6.45) is 5.06. The molecule has 0 aliphatic carbocycles. The number of fused-ring (bicyclic) bond motifs is 1. The minimum atomic E-state index is -0.502. The minimum absolute atomic E-state index is 0.0431. The topological polar surface area (TPSA) is 108 Å². The Morgan fingerprint density at radius 2 is 1.52 bits per heavy atom. The van der Waals surface area contributed by atoms with E-state index in [1.54, 1.807) is 28.0 Å². The van der Waals surface area contributed by atoms with Gasteiger partial charge in [-0.3, -0.25) is 14.4 Å². The number of rotatable bonds is 7. The van der Waals surface area contributed by atoms with Crippen molar-refractivity contribution in [1.29, 1.82) is 0 Å². The van der Waals surface area contributed by atoms with E-state index >= 15 is 0 Å². The van der Waals surface area contributed by atoms with E-state index in [4.69, 9.17) is 7.98 Å². The van der Waals surface area contributed by atoms with Gasteiger partial charge in [-0.25, -0.2) is 9.97 Å². The number of carbonyl (C=O) groups excluding carboxylic acids is 3. The lowest BCUT2D eigenvalue weighted by Gasteiger charge is -2.24.